The number of rotatable bonds is 11. The standard InChI is InChI=1S/C24H29F2N3O2/c1-17-14-18(2)29(28-17)13-3-12-27-15-23(30)16-31-24(19-4-8-21(25)9-5-19)20-6-10-22(26)11-7-20/h4-11,14,23-24,27,30H,3,12-13,15-16H2,1-2H3. The molecule has 2 aromatic carbocycles. The first-order valence-corrected chi connectivity index (χ1v) is 10.4. The molecule has 0 fully saturated rings. The molecule has 0 aliphatic heterocycles. The number of nitrogens with zero attached hydrogens (tertiary/aromatic N) is 2. The first kappa shape index (κ1) is 23.1. The number of aryl methyl sites for hydroxylation is 3. The van der Waals surface area contributed by atoms with Gasteiger partial charge in [0.05, 0.1) is 18.4 Å². The highest BCUT2D eigenvalue weighted by Crippen LogP contribution is 2.26. The Morgan fingerprint density at radius 3 is 2.10 bits per heavy atom. The summed E-state index contributed by atoms with van der Waals surface area (Å²) in [5.41, 5.74) is 3.62. The van der Waals surface area contributed by atoms with Gasteiger partial charge in [-0.05, 0) is 68.3 Å². The van der Waals surface area contributed by atoms with E-state index in [0.717, 1.165) is 42.0 Å². The molecule has 1 aromatic heterocycles. The van der Waals surface area contributed by atoms with Crippen LogP contribution in [-0.4, -0.2) is 40.7 Å². The molecule has 0 saturated carbocycles. The van der Waals surface area contributed by atoms with Crippen molar-refractivity contribution in [1.82, 2.24) is 15.1 Å². The third-order valence-electron chi connectivity index (χ3n) is 5.01. The van der Waals surface area contributed by atoms with Gasteiger partial charge in [-0.25, -0.2) is 8.78 Å². The van der Waals surface area contributed by atoms with E-state index in [2.05, 4.69) is 10.4 Å². The minimum atomic E-state index is -0.711. The quantitative estimate of drug-likeness (QED) is 0.454. The molecule has 5 nitrogen and oxygen atoms in total. The summed E-state index contributed by atoms with van der Waals surface area (Å²) in [5, 5.41) is 18.0. The highest BCUT2D eigenvalue weighted by atomic mass is 19.1. The molecule has 1 atom stereocenters. The van der Waals surface area contributed by atoms with Crippen molar-refractivity contribution < 1.29 is 18.6 Å². The molecule has 0 saturated heterocycles. The van der Waals surface area contributed by atoms with Crippen LogP contribution >= 0.6 is 0 Å². The molecule has 2 N–H and O–H groups in total. The molecule has 7 heteroatoms. The first-order valence-electron chi connectivity index (χ1n) is 10.4. The Bertz CT molecular complexity index is 897. The number of halogens is 2. The van der Waals surface area contributed by atoms with E-state index in [9.17, 15) is 13.9 Å². The average molecular weight is 430 g/mol. The number of ether oxygens (including phenoxy) is 1. The van der Waals surface area contributed by atoms with Gasteiger partial charge >= 0.3 is 0 Å². The second-order valence-electron chi connectivity index (χ2n) is 7.68. The maximum Gasteiger partial charge on any atom is 0.123 e. The molecule has 3 aromatic rings. The lowest BCUT2D eigenvalue weighted by Gasteiger charge is -2.21. The summed E-state index contributed by atoms with van der Waals surface area (Å²) in [5.74, 6) is -0.683. The highest BCUT2D eigenvalue weighted by molar-refractivity contribution is 5.30. The maximum atomic E-state index is 13.3. The van der Waals surface area contributed by atoms with Crippen LogP contribution < -0.4 is 5.32 Å². The summed E-state index contributed by atoms with van der Waals surface area (Å²) >= 11 is 0. The highest BCUT2D eigenvalue weighted by Gasteiger charge is 2.17. The van der Waals surface area contributed by atoms with Crippen molar-refractivity contribution in [2.24, 2.45) is 0 Å². The van der Waals surface area contributed by atoms with Gasteiger partial charge in [-0.2, -0.15) is 5.10 Å². The van der Waals surface area contributed by atoms with Gasteiger partial charge in [0.2, 0.25) is 0 Å². The Balaban J connectivity index is 1.48. The molecule has 3 rings (SSSR count). The topological polar surface area (TPSA) is 59.3 Å². The normalized spacial score (nSPS) is 12.5. The van der Waals surface area contributed by atoms with Crippen molar-refractivity contribution in [3.05, 3.63) is 88.7 Å². The van der Waals surface area contributed by atoms with Crippen LogP contribution in [0, 0.1) is 25.5 Å². The van der Waals surface area contributed by atoms with Crippen LogP contribution in [0.4, 0.5) is 8.78 Å². The zero-order valence-electron chi connectivity index (χ0n) is 17.9. The smallest absolute Gasteiger partial charge is 0.123 e. The molecular weight excluding hydrogens is 400 g/mol. The average Bonchev–Trinajstić information content (AvgIpc) is 3.07. The molecule has 0 amide bonds. The molecule has 0 bridgehead atoms. The van der Waals surface area contributed by atoms with Crippen molar-refractivity contribution in [2.75, 3.05) is 19.7 Å². The third kappa shape index (κ3) is 6.95. The monoisotopic (exact) mass is 429 g/mol. The summed E-state index contributed by atoms with van der Waals surface area (Å²) in [4.78, 5) is 0. The van der Waals surface area contributed by atoms with Gasteiger partial charge in [-0.3, -0.25) is 4.68 Å². The molecule has 1 unspecified atom stereocenters. The molecule has 0 aliphatic rings. The number of aliphatic hydroxyl groups excluding tert-OH is 1. The summed E-state index contributed by atoms with van der Waals surface area (Å²) in [6.07, 6.45) is -0.345. The fourth-order valence-electron chi connectivity index (χ4n) is 3.45. The zero-order chi connectivity index (χ0) is 22.2. The van der Waals surface area contributed by atoms with Crippen LogP contribution in [0.15, 0.2) is 54.6 Å². The first-order chi connectivity index (χ1) is 14.9. The summed E-state index contributed by atoms with van der Waals surface area (Å²) < 4.78 is 34.5. The summed E-state index contributed by atoms with van der Waals surface area (Å²) in [6, 6.07) is 14.0. The Morgan fingerprint density at radius 2 is 1.58 bits per heavy atom. The lowest BCUT2D eigenvalue weighted by atomic mass is 10.0. The Labute approximate surface area is 181 Å². The predicted octanol–water partition coefficient (Wildman–Crippen LogP) is 3.92. The van der Waals surface area contributed by atoms with Crippen LogP contribution in [0.25, 0.3) is 0 Å². The van der Waals surface area contributed by atoms with E-state index in [1.807, 2.05) is 24.6 Å². The number of benzene rings is 2. The van der Waals surface area contributed by atoms with Crippen LogP contribution in [0.1, 0.15) is 35.0 Å². The number of nitrogens with one attached hydrogen (secondary N) is 1. The second kappa shape index (κ2) is 11.1. The van der Waals surface area contributed by atoms with Gasteiger partial charge < -0.3 is 15.2 Å². The Kier molecular flexibility index (Phi) is 8.28. The lowest BCUT2D eigenvalue weighted by Crippen LogP contribution is -2.32. The van der Waals surface area contributed by atoms with Crippen molar-refractivity contribution in [3.63, 3.8) is 0 Å². The fraction of sp³-hybridized carbons (Fsp3) is 0.375. The molecule has 0 aliphatic carbocycles. The van der Waals surface area contributed by atoms with Gasteiger partial charge in [-0.15, -0.1) is 0 Å². The van der Waals surface area contributed by atoms with Crippen molar-refractivity contribution in [1.29, 1.82) is 0 Å². The summed E-state index contributed by atoms with van der Waals surface area (Å²) in [6.45, 7) is 6.04. The minimum Gasteiger partial charge on any atom is -0.389 e. The molecule has 31 heavy (non-hydrogen) atoms. The number of hydrogen-bond donors (Lipinski definition) is 2. The van der Waals surface area contributed by atoms with Crippen LogP contribution in [-0.2, 0) is 11.3 Å². The van der Waals surface area contributed by atoms with E-state index in [1.165, 1.54) is 24.3 Å². The van der Waals surface area contributed by atoms with Gasteiger partial charge in [0, 0.05) is 18.8 Å². The third-order valence-corrected chi connectivity index (χ3v) is 5.01. The molecular formula is C24H29F2N3O2. The van der Waals surface area contributed by atoms with Crippen molar-refractivity contribution in [3.8, 4) is 0 Å². The predicted molar refractivity (Wildman–Crippen MR) is 116 cm³/mol. The molecule has 1 heterocycles. The van der Waals surface area contributed by atoms with Crippen LogP contribution in [0.5, 0.6) is 0 Å². The van der Waals surface area contributed by atoms with E-state index in [4.69, 9.17) is 4.74 Å². The van der Waals surface area contributed by atoms with E-state index in [-0.39, 0.29) is 18.2 Å². The summed E-state index contributed by atoms with van der Waals surface area (Å²) in [7, 11) is 0. The minimum absolute atomic E-state index is 0.0872. The Hall–Kier alpha value is -2.61. The molecule has 166 valence electrons. The van der Waals surface area contributed by atoms with E-state index in [0.29, 0.717) is 6.54 Å². The largest absolute Gasteiger partial charge is 0.389 e. The zero-order valence-corrected chi connectivity index (χ0v) is 17.9. The fourth-order valence-corrected chi connectivity index (χ4v) is 3.45. The van der Waals surface area contributed by atoms with Crippen molar-refractivity contribution >= 4 is 0 Å². The van der Waals surface area contributed by atoms with E-state index in [1.54, 1.807) is 24.3 Å². The number of hydrogen-bond acceptors (Lipinski definition) is 4. The second-order valence-corrected chi connectivity index (χ2v) is 7.68. The van der Waals surface area contributed by atoms with Crippen molar-refractivity contribution in [2.45, 2.75) is 39.0 Å². The molecule has 0 spiro atoms. The van der Waals surface area contributed by atoms with Gasteiger partial charge in [-0.1, -0.05) is 24.3 Å². The van der Waals surface area contributed by atoms with Gasteiger partial charge in [0.15, 0.2) is 0 Å². The van der Waals surface area contributed by atoms with Gasteiger partial charge in [0.1, 0.15) is 17.7 Å². The molecule has 0 radical (unpaired) electrons. The SMILES string of the molecule is Cc1cc(C)n(CCCNCC(O)COC(c2ccc(F)cc2)c2ccc(F)cc2)n1. The van der Waals surface area contributed by atoms with Gasteiger partial charge in [0.25, 0.3) is 0 Å². The van der Waals surface area contributed by atoms with E-state index >= 15 is 0 Å². The van der Waals surface area contributed by atoms with Crippen LogP contribution in [0.3, 0.4) is 0 Å². The lowest BCUT2D eigenvalue weighted by molar-refractivity contribution is 0.00659. The number of aromatic nitrogens is 2. The van der Waals surface area contributed by atoms with Crippen LogP contribution in [0.2, 0.25) is 0 Å². The Morgan fingerprint density at radius 1 is 1.00 bits per heavy atom. The van der Waals surface area contributed by atoms with E-state index < -0.39 is 12.2 Å². The number of aliphatic hydroxyl groups is 1. The maximum absolute atomic E-state index is 13.3.